The number of benzene rings is 1. The highest BCUT2D eigenvalue weighted by Crippen LogP contribution is 2.39. The standard InChI is InChI=1S/C20H26Cl2N2O4/c1-6-7-8-9-14-12(2)23-24(4)19(14)28-18-11-17(15(21)10-16(18)22)27-13(3)20(25)26-5/h10-11,13H,6-9H2,1-5H3/t13-/m0/s1. The molecule has 0 aliphatic rings. The monoisotopic (exact) mass is 428 g/mol. The second-order valence-electron chi connectivity index (χ2n) is 6.55. The first-order valence-electron chi connectivity index (χ1n) is 9.22. The van der Waals surface area contributed by atoms with E-state index in [1.165, 1.54) is 13.2 Å². The molecular formula is C20H26Cl2N2O4. The van der Waals surface area contributed by atoms with Crippen molar-refractivity contribution in [1.29, 1.82) is 0 Å². The highest BCUT2D eigenvalue weighted by molar-refractivity contribution is 6.36. The first-order chi connectivity index (χ1) is 13.3. The Hall–Kier alpha value is -1.92. The number of ether oxygens (including phenoxy) is 3. The fraction of sp³-hybridized carbons (Fsp3) is 0.500. The van der Waals surface area contributed by atoms with E-state index >= 15 is 0 Å². The topological polar surface area (TPSA) is 62.6 Å². The maximum atomic E-state index is 11.6. The summed E-state index contributed by atoms with van der Waals surface area (Å²) in [4.78, 5) is 11.6. The minimum absolute atomic E-state index is 0.275. The average molecular weight is 429 g/mol. The van der Waals surface area contributed by atoms with E-state index in [-0.39, 0.29) is 10.8 Å². The number of aromatic nitrogens is 2. The van der Waals surface area contributed by atoms with Crippen LogP contribution >= 0.6 is 23.2 Å². The van der Waals surface area contributed by atoms with Crippen molar-refractivity contribution >= 4 is 29.2 Å². The van der Waals surface area contributed by atoms with Gasteiger partial charge in [-0.1, -0.05) is 43.0 Å². The molecule has 1 aromatic heterocycles. The summed E-state index contributed by atoms with van der Waals surface area (Å²) in [5, 5.41) is 5.08. The molecule has 0 amide bonds. The van der Waals surface area contributed by atoms with Gasteiger partial charge in [0.25, 0.3) is 0 Å². The van der Waals surface area contributed by atoms with Crippen LogP contribution in [0.15, 0.2) is 12.1 Å². The van der Waals surface area contributed by atoms with E-state index in [1.54, 1.807) is 17.7 Å². The molecule has 6 nitrogen and oxygen atoms in total. The molecule has 0 radical (unpaired) electrons. The Morgan fingerprint density at radius 2 is 1.89 bits per heavy atom. The number of aryl methyl sites for hydroxylation is 2. The van der Waals surface area contributed by atoms with Gasteiger partial charge in [0, 0.05) is 18.7 Å². The molecular weight excluding hydrogens is 403 g/mol. The van der Waals surface area contributed by atoms with Crippen molar-refractivity contribution in [1.82, 2.24) is 9.78 Å². The van der Waals surface area contributed by atoms with E-state index in [9.17, 15) is 4.79 Å². The Balaban J connectivity index is 2.31. The van der Waals surface area contributed by atoms with Crippen LogP contribution in [0.25, 0.3) is 0 Å². The lowest BCUT2D eigenvalue weighted by atomic mass is 10.1. The van der Waals surface area contributed by atoms with Gasteiger partial charge in [0.2, 0.25) is 5.88 Å². The molecule has 0 saturated heterocycles. The van der Waals surface area contributed by atoms with Gasteiger partial charge in [-0.2, -0.15) is 5.10 Å². The predicted octanol–water partition coefficient (Wildman–Crippen LogP) is 5.50. The molecule has 154 valence electrons. The van der Waals surface area contributed by atoms with Crippen LogP contribution in [0, 0.1) is 6.92 Å². The normalized spacial score (nSPS) is 12.0. The smallest absolute Gasteiger partial charge is 0.346 e. The number of carbonyl (C=O) groups excluding carboxylic acids is 1. The van der Waals surface area contributed by atoms with E-state index in [1.807, 2.05) is 14.0 Å². The number of carbonyl (C=O) groups is 1. The zero-order chi connectivity index (χ0) is 20.8. The van der Waals surface area contributed by atoms with Gasteiger partial charge in [0.15, 0.2) is 11.9 Å². The zero-order valence-electron chi connectivity index (χ0n) is 16.8. The van der Waals surface area contributed by atoms with E-state index in [0.29, 0.717) is 16.7 Å². The molecule has 0 fully saturated rings. The number of rotatable bonds is 9. The van der Waals surface area contributed by atoms with E-state index in [2.05, 4.69) is 16.8 Å². The highest BCUT2D eigenvalue weighted by Gasteiger charge is 2.21. The highest BCUT2D eigenvalue weighted by atomic mass is 35.5. The van der Waals surface area contributed by atoms with Crippen LogP contribution in [0.1, 0.15) is 44.4 Å². The average Bonchev–Trinajstić information content (AvgIpc) is 2.91. The number of hydrogen-bond donors (Lipinski definition) is 0. The molecule has 2 rings (SSSR count). The van der Waals surface area contributed by atoms with Crippen molar-refractivity contribution in [3.63, 3.8) is 0 Å². The van der Waals surface area contributed by atoms with Crippen molar-refractivity contribution in [2.75, 3.05) is 7.11 Å². The van der Waals surface area contributed by atoms with Gasteiger partial charge in [0.1, 0.15) is 5.75 Å². The number of nitrogens with zero attached hydrogens (tertiary/aromatic N) is 2. The van der Waals surface area contributed by atoms with Crippen molar-refractivity contribution in [3.8, 4) is 17.4 Å². The third-order valence-corrected chi connectivity index (χ3v) is 4.94. The van der Waals surface area contributed by atoms with Crippen LogP contribution in [0.4, 0.5) is 0 Å². The SMILES string of the molecule is CCCCCc1c(C)nn(C)c1Oc1cc(O[C@@H](C)C(=O)OC)c(Cl)cc1Cl. The largest absolute Gasteiger partial charge is 0.477 e. The molecule has 0 unspecified atom stereocenters. The molecule has 1 heterocycles. The van der Waals surface area contributed by atoms with Crippen LogP contribution in [-0.4, -0.2) is 29.0 Å². The second kappa shape index (κ2) is 10.0. The first kappa shape index (κ1) is 22.4. The fourth-order valence-corrected chi connectivity index (χ4v) is 3.30. The first-order valence-corrected chi connectivity index (χ1v) is 9.97. The number of halogens is 2. The van der Waals surface area contributed by atoms with Crippen LogP contribution in [-0.2, 0) is 23.0 Å². The second-order valence-corrected chi connectivity index (χ2v) is 7.36. The molecule has 0 bridgehead atoms. The van der Waals surface area contributed by atoms with Crippen molar-refractivity contribution in [2.45, 2.75) is 52.6 Å². The summed E-state index contributed by atoms with van der Waals surface area (Å²) in [7, 11) is 3.12. The summed E-state index contributed by atoms with van der Waals surface area (Å²) in [6.45, 7) is 5.70. The lowest BCUT2D eigenvalue weighted by molar-refractivity contribution is -0.147. The molecule has 1 aromatic carbocycles. The minimum atomic E-state index is -0.819. The van der Waals surface area contributed by atoms with Gasteiger partial charge in [-0.3, -0.25) is 0 Å². The molecule has 2 aromatic rings. The van der Waals surface area contributed by atoms with Gasteiger partial charge in [0.05, 0.1) is 22.8 Å². The lowest BCUT2D eigenvalue weighted by Crippen LogP contribution is -2.25. The maximum Gasteiger partial charge on any atom is 0.346 e. The van der Waals surface area contributed by atoms with Crippen LogP contribution in [0.3, 0.4) is 0 Å². The summed E-state index contributed by atoms with van der Waals surface area (Å²) in [6, 6.07) is 3.10. The molecule has 0 aliphatic heterocycles. The summed E-state index contributed by atoms with van der Waals surface area (Å²) in [5.41, 5.74) is 1.97. The van der Waals surface area contributed by atoms with Gasteiger partial charge in [-0.05, 0) is 32.8 Å². The Morgan fingerprint density at radius 1 is 1.21 bits per heavy atom. The van der Waals surface area contributed by atoms with Gasteiger partial charge < -0.3 is 14.2 Å². The van der Waals surface area contributed by atoms with Crippen LogP contribution in [0.2, 0.25) is 10.0 Å². The van der Waals surface area contributed by atoms with E-state index in [4.69, 9.17) is 32.7 Å². The predicted molar refractivity (Wildman–Crippen MR) is 110 cm³/mol. The molecule has 8 heteroatoms. The third-order valence-electron chi connectivity index (χ3n) is 4.35. The number of hydrogen-bond acceptors (Lipinski definition) is 5. The van der Waals surface area contributed by atoms with Gasteiger partial charge in [-0.25, -0.2) is 9.48 Å². The Labute approximate surface area is 175 Å². The molecule has 0 N–H and O–H groups in total. The van der Waals surface area contributed by atoms with Crippen molar-refractivity contribution in [2.24, 2.45) is 7.05 Å². The molecule has 0 spiro atoms. The summed E-state index contributed by atoms with van der Waals surface area (Å²) >= 11 is 12.5. The Kier molecular flexibility index (Phi) is 8.01. The Morgan fingerprint density at radius 3 is 2.54 bits per heavy atom. The number of unbranched alkanes of at least 4 members (excludes halogenated alkanes) is 2. The van der Waals surface area contributed by atoms with Crippen LogP contribution in [0.5, 0.6) is 17.4 Å². The summed E-state index contributed by atoms with van der Waals surface area (Å²) in [6.07, 6.45) is 3.38. The minimum Gasteiger partial charge on any atom is -0.477 e. The number of methoxy groups -OCH3 is 1. The van der Waals surface area contributed by atoms with Crippen molar-refractivity contribution < 1.29 is 19.0 Å². The quantitative estimate of drug-likeness (QED) is 0.389. The summed E-state index contributed by atoms with van der Waals surface area (Å²) < 4.78 is 18.1. The van der Waals surface area contributed by atoms with Gasteiger partial charge in [-0.15, -0.1) is 0 Å². The molecule has 28 heavy (non-hydrogen) atoms. The zero-order valence-corrected chi connectivity index (χ0v) is 18.4. The van der Waals surface area contributed by atoms with E-state index < -0.39 is 12.1 Å². The lowest BCUT2D eigenvalue weighted by Gasteiger charge is -2.16. The van der Waals surface area contributed by atoms with Crippen molar-refractivity contribution in [3.05, 3.63) is 33.4 Å². The molecule has 1 atom stereocenters. The van der Waals surface area contributed by atoms with Gasteiger partial charge >= 0.3 is 5.97 Å². The van der Waals surface area contributed by atoms with Crippen LogP contribution < -0.4 is 9.47 Å². The fourth-order valence-electron chi connectivity index (χ4n) is 2.84. The molecule has 0 saturated carbocycles. The molecule has 0 aliphatic carbocycles. The van der Waals surface area contributed by atoms with E-state index in [0.717, 1.165) is 36.9 Å². The maximum absolute atomic E-state index is 11.6. The third kappa shape index (κ3) is 5.32. The summed E-state index contributed by atoms with van der Waals surface area (Å²) in [5.74, 6) is 0.780. The Bertz CT molecular complexity index is 836. The number of esters is 1.